The molecule has 0 saturated carbocycles. The molecule has 1 saturated heterocycles. The SMILES string of the molecule is CNC1(C)CCN(C(=O)Nc2ccc(F)cc2F)CC1. The molecule has 0 radical (unpaired) electrons. The number of carbonyl (C=O) groups is 1. The number of amides is 2. The lowest BCUT2D eigenvalue weighted by molar-refractivity contribution is 0.163. The van der Waals surface area contributed by atoms with Gasteiger partial charge in [0, 0.05) is 24.7 Å². The molecular formula is C14H19F2N3O. The first-order valence-corrected chi connectivity index (χ1v) is 6.63. The maximum Gasteiger partial charge on any atom is 0.321 e. The fraction of sp³-hybridized carbons (Fsp3) is 0.500. The molecule has 110 valence electrons. The highest BCUT2D eigenvalue weighted by Gasteiger charge is 2.30. The van der Waals surface area contributed by atoms with Gasteiger partial charge in [-0.3, -0.25) is 0 Å². The second-order valence-corrected chi connectivity index (χ2v) is 5.35. The Bertz CT molecular complexity index is 499. The topological polar surface area (TPSA) is 44.4 Å². The van der Waals surface area contributed by atoms with Crippen LogP contribution in [0.5, 0.6) is 0 Å². The Morgan fingerprint density at radius 1 is 1.30 bits per heavy atom. The summed E-state index contributed by atoms with van der Waals surface area (Å²) in [6, 6.07) is 2.75. The maximum absolute atomic E-state index is 13.5. The number of likely N-dealkylation sites (tertiary alicyclic amines) is 1. The zero-order valence-electron chi connectivity index (χ0n) is 11.7. The van der Waals surface area contributed by atoms with Crippen LogP contribution in [-0.2, 0) is 0 Å². The van der Waals surface area contributed by atoms with Crippen LogP contribution in [0.1, 0.15) is 19.8 Å². The zero-order valence-corrected chi connectivity index (χ0v) is 11.7. The highest BCUT2D eigenvalue weighted by molar-refractivity contribution is 5.89. The molecule has 2 N–H and O–H groups in total. The number of carbonyl (C=O) groups excluding carboxylic acids is 1. The number of benzene rings is 1. The number of nitrogens with zero attached hydrogens (tertiary/aromatic N) is 1. The third kappa shape index (κ3) is 3.25. The quantitative estimate of drug-likeness (QED) is 0.876. The van der Waals surface area contributed by atoms with Crippen LogP contribution in [0, 0.1) is 11.6 Å². The molecule has 0 spiro atoms. The van der Waals surface area contributed by atoms with Crippen LogP contribution >= 0.6 is 0 Å². The predicted octanol–water partition coefficient (Wildman–Crippen LogP) is 2.57. The van der Waals surface area contributed by atoms with E-state index in [-0.39, 0.29) is 17.3 Å². The van der Waals surface area contributed by atoms with Gasteiger partial charge in [-0.1, -0.05) is 0 Å². The molecule has 1 fully saturated rings. The minimum absolute atomic E-state index is 0.00153. The van der Waals surface area contributed by atoms with Gasteiger partial charge in [-0.15, -0.1) is 0 Å². The summed E-state index contributed by atoms with van der Waals surface area (Å²) < 4.78 is 26.3. The Labute approximate surface area is 117 Å². The van der Waals surface area contributed by atoms with Crippen LogP contribution in [-0.4, -0.2) is 36.6 Å². The van der Waals surface area contributed by atoms with Gasteiger partial charge in [0.1, 0.15) is 11.6 Å². The van der Waals surface area contributed by atoms with Crippen molar-refractivity contribution in [2.24, 2.45) is 0 Å². The Morgan fingerprint density at radius 2 is 1.95 bits per heavy atom. The molecule has 2 amide bonds. The monoisotopic (exact) mass is 283 g/mol. The second kappa shape index (κ2) is 5.75. The largest absolute Gasteiger partial charge is 0.324 e. The number of urea groups is 1. The Hall–Kier alpha value is -1.69. The van der Waals surface area contributed by atoms with Crippen LogP contribution in [0.3, 0.4) is 0 Å². The van der Waals surface area contributed by atoms with Crippen molar-refractivity contribution in [2.45, 2.75) is 25.3 Å². The lowest BCUT2D eigenvalue weighted by Crippen LogP contribution is -2.52. The van der Waals surface area contributed by atoms with E-state index in [1.165, 1.54) is 6.07 Å². The fourth-order valence-corrected chi connectivity index (χ4v) is 2.24. The molecular weight excluding hydrogens is 264 g/mol. The molecule has 1 heterocycles. The molecule has 0 aromatic heterocycles. The van der Waals surface area contributed by atoms with Gasteiger partial charge < -0.3 is 15.5 Å². The van der Waals surface area contributed by atoms with Crippen molar-refractivity contribution >= 4 is 11.7 Å². The summed E-state index contributed by atoms with van der Waals surface area (Å²) in [5.74, 6) is -1.43. The predicted molar refractivity (Wildman–Crippen MR) is 73.6 cm³/mol. The van der Waals surface area contributed by atoms with Crippen molar-refractivity contribution in [3.63, 3.8) is 0 Å². The van der Waals surface area contributed by atoms with Crippen molar-refractivity contribution in [2.75, 3.05) is 25.5 Å². The Kier molecular flexibility index (Phi) is 4.23. The summed E-state index contributed by atoms with van der Waals surface area (Å²) in [5, 5.41) is 5.72. The van der Waals surface area contributed by atoms with E-state index in [9.17, 15) is 13.6 Å². The van der Waals surface area contributed by atoms with Crippen molar-refractivity contribution < 1.29 is 13.6 Å². The van der Waals surface area contributed by atoms with Gasteiger partial charge in [-0.05, 0) is 38.9 Å². The normalized spacial score (nSPS) is 17.9. The summed E-state index contributed by atoms with van der Waals surface area (Å²) >= 11 is 0. The van der Waals surface area contributed by atoms with Crippen LogP contribution in [0.2, 0.25) is 0 Å². The van der Waals surface area contributed by atoms with E-state index in [1.807, 2.05) is 7.05 Å². The van der Waals surface area contributed by atoms with Crippen molar-refractivity contribution in [3.8, 4) is 0 Å². The van der Waals surface area contributed by atoms with Crippen molar-refractivity contribution in [1.29, 1.82) is 0 Å². The van der Waals surface area contributed by atoms with Gasteiger partial charge in [-0.25, -0.2) is 13.6 Å². The Morgan fingerprint density at radius 3 is 2.50 bits per heavy atom. The highest BCUT2D eigenvalue weighted by Crippen LogP contribution is 2.22. The summed E-state index contributed by atoms with van der Waals surface area (Å²) in [5.41, 5.74) is 0.0381. The Balaban J connectivity index is 1.96. The second-order valence-electron chi connectivity index (χ2n) is 5.35. The number of anilines is 1. The van der Waals surface area contributed by atoms with Crippen molar-refractivity contribution in [1.82, 2.24) is 10.2 Å². The van der Waals surface area contributed by atoms with Gasteiger partial charge in [-0.2, -0.15) is 0 Å². The molecule has 4 nitrogen and oxygen atoms in total. The molecule has 1 aliphatic rings. The molecule has 1 aromatic rings. The molecule has 1 aliphatic heterocycles. The number of rotatable bonds is 2. The molecule has 6 heteroatoms. The van der Waals surface area contributed by atoms with Crippen molar-refractivity contribution in [3.05, 3.63) is 29.8 Å². The zero-order chi connectivity index (χ0) is 14.8. The molecule has 2 rings (SSSR count). The van der Waals surface area contributed by atoms with Gasteiger partial charge >= 0.3 is 6.03 Å². The van der Waals surface area contributed by atoms with E-state index in [0.29, 0.717) is 13.1 Å². The summed E-state index contributed by atoms with van der Waals surface area (Å²) in [4.78, 5) is 13.7. The lowest BCUT2D eigenvalue weighted by atomic mass is 9.90. The van der Waals surface area contributed by atoms with E-state index in [1.54, 1.807) is 4.90 Å². The van der Waals surface area contributed by atoms with Crippen LogP contribution in [0.15, 0.2) is 18.2 Å². The summed E-state index contributed by atoms with van der Waals surface area (Å²) in [6.07, 6.45) is 1.67. The maximum atomic E-state index is 13.5. The highest BCUT2D eigenvalue weighted by atomic mass is 19.1. The standard InChI is InChI=1S/C14H19F2N3O/c1-14(17-2)5-7-19(8-6-14)13(20)18-12-4-3-10(15)9-11(12)16/h3-4,9,17H,5-8H2,1-2H3,(H,18,20). The third-order valence-corrected chi connectivity index (χ3v) is 3.93. The molecule has 1 aromatic carbocycles. The van der Waals surface area contributed by atoms with E-state index in [4.69, 9.17) is 0 Å². The number of nitrogens with one attached hydrogen (secondary N) is 2. The van der Waals surface area contributed by atoms with Gasteiger partial charge in [0.15, 0.2) is 0 Å². The molecule has 0 bridgehead atoms. The van der Waals surface area contributed by atoms with Crippen LogP contribution in [0.25, 0.3) is 0 Å². The van der Waals surface area contributed by atoms with E-state index in [0.717, 1.165) is 25.0 Å². The smallest absolute Gasteiger partial charge is 0.321 e. The average Bonchev–Trinajstić information content (AvgIpc) is 2.42. The molecule has 20 heavy (non-hydrogen) atoms. The number of piperidine rings is 1. The minimum atomic E-state index is -0.768. The van der Waals surface area contributed by atoms with E-state index >= 15 is 0 Å². The minimum Gasteiger partial charge on any atom is -0.324 e. The first-order valence-electron chi connectivity index (χ1n) is 6.63. The number of halogens is 2. The van der Waals surface area contributed by atoms with E-state index < -0.39 is 11.6 Å². The van der Waals surface area contributed by atoms with E-state index in [2.05, 4.69) is 17.6 Å². The first kappa shape index (κ1) is 14.7. The number of hydrogen-bond donors (Lipinski definition) is 2. The number of hydrogen-bond acceptors (Lipinski definition) is 2. The molecule has 0 aliphatic carbocycles. The van der Waals surface area contributed by atoms with Gasteiger partial charge in [0.2, 0.25) is 0 Å². The first-order chi connectivity index (χ1) is 9.43. The third-order valence-electron chi connectivity index (χ3n) is 3.93. The lowest BCUT2D eigenvalue weighted by Gasteiger charge is -2.39. The average molecular weight is 283 g/mol. The van der Waals surface area contributed by atoms with Gasteiger partial charge in [0.25, 0.3) is 0 Å². The van der Waals surface area contributed by atoms with Crippen LogP contribution < -0.4 is 10.6 Å². The molecule has 0 unspecified atom stereocenters. The summed E-state index contributed by atoms with van der Waals surface area (Å²) in [7, 11) is 1.91. The van der Waals surface area contributed by atoms with Crippen LogP contribution in [0.4, 0.5) is 19.3 Å². The van der Waals surface area contributed by atoms with Gasteiger partial charge in [0.05, 0.1) is 5.69 Å². The summed E-state index contributed by atoms with van der Waals surface area (Å²) in [6.45, 7) is 3.32. The molecule has 0 atom stereocenters. The fourth-order valence-electron chi connectivity index (χ4n) is 2.24.